The van der Waals surface area contributed by atoms with Gasteiger partial charge in [0, 0.05) is 18.5 Å². The molecule has 0 aromatic heterocycles. The molecule has 0 aromatic carbocycles. The Bertz CT molecular complexity index is 177. The van der Waals surface area contributed by atoms with Crippen molar-refractivity contribution in [2.45, 2.75) is 38.7 Å². The highest BCUT2D eigenvalue weighted by Gasteiger charge is 2.21. The summed E-state index contributed by atoms with van der Waals surface area (Å²) >= 11 is 0. The van der Waals surface area contributed by atoms with Gasteiger partial charge in [0.2, 0.25) is 0 Å². The predicted octanol–water partition coefficient (Wildman–Crippen LogP) is 0.526. The predicted molar refractivity (Wildman–Crippen MR) is 63.4 cm³/mol. The molecule has 0 atom stereocenters. The van der Waals surface area contributed by atoms with Crippen molar-refractivity contribution >= 4 is 0 Å². The third kappa shape index (κ3) is 4.78. The lowest BCUT2D eigenvalue weighted by molar-refractivity contribution is 0.0490. The van der Waals surface area contributed by atoms with Crippen molar-refractivity contribution in [1.82, 2.24) is 5.32 Å². The monoisotopic (exact) mass is 231 g/mol. The Morgan fingerprint density at radius 2 is 1.88 bits per heavy atom. The molecule has 0 unspecified atom stereocenters. The first kappa shape index (κ1) is 13.9. The molecule has 1 aliphatic rings. The Kier molecular flexibility index (Phi) is 6.28. The smallest absolute Gasteiger partial charge is 0.0594 e. The molecule has 4 heteroatoms. The lowest BCUT2D eigenvalue weighted by Gasteiger charge is -2.25. The number of ether oxygens (including phenoxy) is 1. The van der Waals surface area contributed by atoms with E-state index < -0.39 is 5.41 Å². The summed E-state index contributed by atoms with van der Waals surface area (Å²) in [5.41, 5.74) is -0.423. The van der Waals surface area contributed by atoms with E-state index in [1.165, 1.54) is 25.7 Å². The highest BCUT2D eigenvalue weighted by atomic mass is 16.5. The van der Waals surface area contributed by atoms with Crippen molar-refractivity contribution in [3.8, 4) is 0 Å². The lowest BCUT2D eigenvalue weighted by atomic mass is 9.93. The Balaban J connectivity index is 1.98. The molecule has 0 bridgehead atoms. The van der Waals surface area contributed by atoms with Gasteiger partial charge >= 0.3 is 0 Å². The van der Waals surface area contributed by atoms with Crippen LogP contribution in [0.25, 0.3) is 0 Å². The molecule has 0 amide bonds. The van der Waals surface area contributed by atoms with E-state index in [-0.39, 0.29) is 13.2 Å². The van der Waals surface area contributed by atoms with E-state index >= 15 is 0 Å². The third-order valence-electron chi connectivity index (χ3n) is 3.25. The van der Waals surface area contributed by atoms with Crippen LogP contribution < -0.4 is 5.32 Å². The van der Waals surface area contributed by atoms with Crippen molar-refractivity contribution < 1.29 is 14.9 Å². The highest BCUT2D eigenvalue weighted by Crippen LogP contribution is 2.20. The Labute approximate surface area is 98.0 Å². The van der Waals surface area contributed by atoms with E-state index in [1.54, 1.807) is 0 Å². The van der Waals surface area contributed by atoms with E-state index in [2.05, 4.69) is 5.32 Å². The average Bonchev–Trinajstić information content (AvgIpc) is 2.81. The summed E-state index contributed by atoms with van der Waals surface area (Å²) in [7, 11) is 0. The second kappa shape index (κ2) is 7.22. The molecule has 0 aliphatic heterocycles. The summed E-state index contributed by atoms with van der Waals surface area (Å²) in [6.45, 7) is 3.98. The topological polar surface area (TPSA) is 61.7 Å². The molecule has 1 aliphatic carbocycles. The quantitative estimate of drug-likeness (QED) is 0.533. The molecule has 0 radical (unpaired) electrons. The summed E-state index contributed by atoms with van der Waals surface area (Å²) in [5.74, 6) is 0. The molecular weight excluding hydrogens is 206 g/mol. The first-order chi connectivity index (χ1) is 7.70. The fourth-order valence-corrected chi connectivity index (χ4v) is 1.90. The summed E-state index contributed by atoms with van der Waals surface area (Å²) < 4.78 is 5.70. The van der Waals surface area contributed by atoms with E-state index in [4.69, 9.17) is 14.9 Å². The normalized spacial score (nSPS) is 18.2. The summed E-state index contributed by atoms with van der Waals surface area (Å²) in [6, 6.07) is 0. The Morgan fingerprint density at radius 1 is 1.25 bits per heavy atom. The SMILES string of the molecule is CC(CO)(CO)CNCCOC1CCCC1. The zero-order valence-electron chi connectivity index (χ0n) is 10.2. The minimum absolute atomic E-state index is 0.0000177. The van der Waals surface area contributed by atoms with Crippen LogP contribution in [0.15, 0.2) is 0 Å². The number of nitrogens with one attached hydrogen (secondary N) is 1. The minimum Gasteiger partial charge on any atom is -0.396 e. The van der Waals surface area contributed by atoms with E-state index in [1.807, 2.05) is 6.92 Å². The van der Waals surface area contributed by atoms with Crippen LogP contribution in [0.3, 0.4) is 0 Å². The van der Waals surface area contributed by atoms with Crippen molar-refractivity contribution in [3.05, 3.63) is 0 Å². The minimum atomic E-state index is -0.423. The fourth-order valence-electron chi connectivity index (χ4n) is 1.90. The van der Waals surface area contributed by atoms with Crippen molar-refractivity contribution in [1.29, 1.82) is 0 Å². The highest BCUT2D eigenvalue weighted by molar-refractivity contribution is 4.74. The van der Waals surface area contributed by atoms with Gasteiger partial charge < -0.3 is 20.3 Å². The molecule has 0 spiro atoms. The molecule has 4 nitrogen and oxygen atoms in total. The Hall–Kier alpha value is -0.160. The van der Waals surface area contributed by atoms with E-state index in [9.17, 15) is 0 Å². The van der Waals surface area contributed by atoms with Crippen LogP contribution in [0.2, 0.25) is 0 Å². The van der Waals surface area contributed by atoms with Gasteiger partial charge in [0.05, 0.1) is 25.9 Å². The third-order valence-corrected chi connectivity index (χ3v) is 3.25. The molecule has 3 N–H and O–H groups in total. The first-order valence-corrected chi connectivity index (χ1v) is 6.24. The van der Waals surface area contributed by atoms with Crippen LogP contribution in [0.5, 0.6) is 0 Å². The number of rotatable bonds is 8. The van der Waals surface area contributed by atoms with Crippen LogP contribution in [-0.4, -0.2) is 49.2 Å². The number of aliphatic hydroxyl groups is 2. The molecule has 1 fully saturated rings. The summed E-state index contributed by atoms with van der Waals surface area (Å²) in [4.78, 5) is 0. The molecule has 0 saturated heterocycles. The van der Waals surface area contributed by atoms with Crippen LogP contribution in [0.4, 0.5) is 0 Å². The van der Waals surface area contributed by atoms with Crippen LogP contribution in [0, 0.1) is 5.41 Å². The van der Waals surface area contributed by atoms with Gasteiger partial charge in [0.1, 0.15) is 0 Å². The second-order valence-electron chi connectivity index (χ2n) is 5.08. The zero-order valence-corrected chi connectivity index (χ0v) is 10.2. The molecule has 16 heavy (non-hydrogen) atoms. The maximum atomic E-state index is 9.08. The van der Waals surface area contributed by atoms with E-state index in [0.717, 1.165) is 13.2 Å². The molecule has 1 rings (SSSR count). The first-order valence-electron chi connectivity index (χ1n) is 6.24. The van der Waals surface area contributed by atoms with Gasteiger partial charge in [0.15, 0.2) is 0 Å². The number of hydrogen-bond acceptors (Lipinski definition) is 4. The maximum Gasteiger partial charge on any atom is 0.0594 e. The van der Waals surface area contributed by atoms with Crippen LogP contribution >= 0.6 is 0 Å². The van der Waals surface area contributed by atoms with E-state index in [0.29, 0.717) is 12.6 Å². The van der Waals surface area contributed by atoms with Gasteiger partial charge in [-0.2, -0.15) is 0 Å². The van der Waals surface area contributed by atoms with Gasteiger partial charge in [-0.3, -0.25) is 0 Å². The Morgan fingerprint density at radius 3 is 2.44 bits per heavy atom. The van der Waals surface area contributed by atoms with Crippen molar-refractivity contribution in [2.24, 2.45) is 5.41 Å². The van der Waals surface area contributed by atoms with Gasteiger partial charge in [-0.25, -0.2) is 0 Å². The second-order valence-corrected chi connectivity index (χ2v) is 5.08. The number of aliphatic hydroxyl groups excluding tert-OH is 2. The molecule has 1 saturated carbocycles. The van der Waals surface area contributed by atoms with Crippen LogP contribution in [0.1, 0.15) is 32.6 Å². The maximum absolute atomic E-state index is 9.08. The van der Waals surface area contributed by atoms with Crippen LogP contribution in [-0.2, 0) is 4.74 Å². The van der Waals surface area contributed by atoms with Crippen molar-refractivity contribution in [2.75, 3.05) is 32.9 Å². The molecule has 0 heterocycles. The lowest BCUT2D eigenvalue weighted by Crippen LogP contribution is -2.39. The standard InChI is InChI=1S/C12H25NO3/c1-12(9-14,10-15)8-13-6-7-16-11-4-2-3-5-11/h11,13-15H,2-10H2,1H3. The zero-order chi connectivity index (χ0) is 11.9. The fraction of sp³-hybridized carbons (Fsp3) is 1.00. The molecule has 0 aromatic rings. The summed E-state index contributed by atoms with van der Waals surface area (Å²) in [5, 5.41) is 21.4. The average molecular weight is 231 g/mol. The molecular formula is C12H25NO3. The summed E-state index contributed by atoms with van der Waals surface area (Å²) in [6.07, 6.45) is 5.45. The van der Waals surface area contributed by atoms with Gasteiger partial charge in [0.25, 0.3) is 0 Å². The number of hydrogen-bond donors (Lipinski definition) is 3. The van der Waals surface area contributed by atoms with Gasteiger partial charge in [-0.1, -0.05) is 19.8 Å². The van der Waals surface area contributed by atoms with Crippen molar-refractivity contribution in [3.63, 3.8) is 0 Å². The van der Waals surface area contributed by atoms with Gasteiger partial charge in [-0.05, 0) is 12.8 Å². The largest absolute Gasteiger partial charge is 0.396 e. The van der Waals surface area contributed by atoms with Gasteiger partial charge in [-0.15, -0.1) is 0 Å². The molecule has 96 valence electrons.